The molecule has 0 atom stereocenters. The molecule has 0 saturated carbocycles. The Hall–Kier alpha value is -2.21. The van der Waals surface area contributed by atoms with Gasteiger partial charge in [-0.3, -0.25) is 9.48 Å². The Morgan fingerprint density at radius 1 is 1.40 bits per heavy atom. The number of fused-ring (bicyclic) bond motifs is 1. The van der Waals surface area contributed by atoms with Gasteiger partial charge in [-0.05, 0) is 18.6 Å². The summed E-state index contributed by atoms with van der Waals surface area (Å²) in [4.78, 5) is 23.4. The minimum absolute atomic E-state index is 0.145. The Labute approximate surface area is 116 Å². The topological polar surface area (TPSA) is 81.4 Å². The monoisotopic (exact) mass is 276 g/mol. The molecular weight excluding hydrogens is 260 g/mol. The number of ether oxygens (including phenoxy) is 1. The first-order valence-electron chi connectivity index (χ1n) is 6.19. The van der Waals surface area contributed by atoms with E-state index in [0.29, 0.717) is 23.2 Å². The molecule has 0 fully saturated rings. The molecule has 0 spiro atoms. The van der Waals surface area contributed by atoms with Crippen molar-refractivity contribution in [1.29, 1.82) is 0 Å². The molecule has 0 aliphatic heterocycles. The lowest BCUT2D eigenvalue weighted by molar-refractivity contribution is 0.0698. The number of hydrogen-bond donors (Lipinski definition) is 1. The molecule has 0 bridgehead atoms. The van der Waals surface area contributed by atoms with Gasteiger partial charge in [0.15, 0.2) is 5.78 Å². The Balaban J connectivity index is 2.67. The van der Waals surface area contributed by atoms with Crippen molar-refractivity contribution in [2.24, 2.45) is 7.05 Å². The van der Waals surface area contributed by atoms with Gasteiger partial charge in [0.25, 0.3) is 0 Å². The Kier molecular flexibility index (Phi) is 3.85. The number of aromatic carboxylic acids is 1. The number of methoxy groups -OCH3 is 1. The highest BCUT2D eigenvalue weighted by Crippen LogP contribution is 2.26. The molecule has 0 aliphatic carbocycles. The molecule has 0 unspecified atom stereocenters. The molecule has 2 rings (SSSR count). The van der Waals surface area contributed by atoms with Crippen molar-refractivity contribution in [3.8, 4) is 0 Å². The maximum absolute atomic E-state index is 12.2. The zero-order valence-electron chi connectivity index (χ0n) is 11.6. The van der Waals surface area contributed by atoms with Crippen molar-refractivity contribution in [3.63, 3.8) is 0 Å². The first kappa shape index (κ1) is 14.2. The molecule has 106 valence electrons. The summed E-state index contributed by atoms with van der Waals surface area (Å²) in [5, 5.41) is 14.0. The standard InChI is InChI=1S/C14H16N2O4/c1-8-4-5-9(14(18)19)13-11(8)12(15-16(13)2)10(17)6-7-20-3/h4-5H,6-7H2,1-3H3,(H,18,19). The highest BCUT2D eigenvalue weighted by Gasteiger charge is 2.21. The van der Waals surface area contributed by atoms with Gasteiger partial charge < -0.3 is 9.84 Å². The third kappa shape index (κ3) is 2.30. The van der Waals surface area contributed by atoms with Crippen LogP contribution < -0.4 is 0 Å². The number of hydrogen-bond acceptors (Lipinski definition) is 4. The van der Waals surface area contributed by atoms with Crippen LogP contribution in [0.4, 0.5) is 0 Å². The van der Waals surface area contributed by atoms with Gasteiger partial charge in [-0.15, -0.1) is 0 Å². The fraction of sp³-hybridized carbons (Fsp3) is 0.357. The van der Waals surface area contributed by atoms with Crippen molar-refractivity contribution < 1.29 is 19.4 Å². The normalized spacial score (nSPS) is 10.9. The number of Topliss-reactive ketones (excluding diaryl/α,β-unsaturated/α-hetero) is 1. The number of carboxylic acids is 1. The lowest BCUT2D eigenvalue weighted by Crippen LogP contribution is -2.05. The molecule has 1 aromatic heterocycles. The van der Waals surface area contributed by atoms with Crippen LogP contribution in [0.5, 0.6) is 0 Å². The first-order valence-corrected chi connectivity index (χ1v) is 6.19. The van der Waals surface area contributed by atoms with E-state index in [0.717, 1.165) is 5.56 Å². The molecule has 20 heavy (non-hydrogen) atoms. The van der Waals surface area contributed by atoms with Crippen molar-refractivity contribution >= 4 is 22.7 Å². The summed E-state index contributed by atoms with van der Waals surface area (Å²) >= 11 is 0. The van der Waals surface area contributed by atoms with Crippen LogP contribution >= 0.6 is 0 Å². The Bertz CT molecular complexity index is 688. The van der Waals surface area contributed by atoms with E-state index >= 15 is 0 Å². The smallest absolute Gasteiger partial charge is 0.337 e. The highest BCUT2D eigenvalue weighted by molar-refractivity contribution is 6.12. The zero-order chi connectivity index (χ0) is 14.9. The van der Waals surface area contributed by atoms with Crippen molar-refractivity contribution in [2.45, 2.75) is 13.3 Å². The van der Waals surface area contributed by atoms with Gasteiger partial charge in [-0.25, -0.2) is 4.79 Å². The predicted molar refractivity (Wildman–Crippen MR) is 73.2 cm³/mol. The third-order valence-electron chi connectivity index (χ3n) is 3.22. The summed E-state index contributed by atoms with van der Waals surface area (Å²) in [6.07, 6.45) is 0.222. The maximum atomic E-state index is 12.2. The SMILES string of the molecule is COCCC(=O)c1nn(C)c2c(C(=O)O)ccc(C)c12. The van der Waals surface area contributed by atoms with Gasteiger partial charge in [0.05, 0.1) is 17.7 Å². The highest BCUT2D eigenvalue weighted by atomic mass is 16.5. The van der Waals surface area contributed by atoms with Crippen LogP contribution in [0.25, 0.3) is 10.9 Å². The second-order valence-corrected chi connectivity index (χ2v) is 4.60. The number of ketones is 1. The fourth-order valence-corrected chi connectivity index (χ4v) is 2.26. The van der Waals surface area contributed by atoms with Gasteiger partial charge in [-0.2, -0.15) is 5.10 Å². The first-order chi connectivity index (χ1) is 9.47. The van der Waals surface area contributed by atoms with Crippen molar-refractivity contribution in [3.05, 3.63) is 29.0 Å². The van der Waals surface area contributed by atoms with Gasteiger partial charge in [0.2, 0.25) is 0 Å². The van der Waals surface area contributed by atoms with E-state index in [4.69, 9.17) is 4.74 Å². The van der Waals surface area contributed by atoms with Crippen LogP contribution in [-0.4, -0.2) is 40.4 Å². The van der Waals surface area contributed by atoms with Gasteiger partial charge >= 0.3 is 5.97 Å². The molecule has 0 aliphatic rings. The van der Waals surface area contributed by atoms with Gasteiger partial charge in [0.1, 0.15) is 5.69 Å². The molecule has 0 radical (unpaired) electrons. The predicted octanol–water partition coefficient (Wildman–Crippen LogP) is 1.80. The van der Waals surface area contributed by atoms with Crippen molar-refractivity contribution in [1.82, 2.24) is 9.78 Å². The van der Waals surface area contributed by atoms with E-state index in [9.17, 15) is 14.7 Å². The minimum Gasteiger partial charge on any atom is -0.478 e. The Morgan fingerprint density at radius 3 is 2.70 bits per heavy atom. The lowest BCUT2D eigenvalue weighted by atomic mass is 10.0. The van der Waals surface area contributed by atoms with Crippen LogP contribution in [0.1, 0.15) is 32.8 Å². The second-order valence-electron chi connectivity index (χ2n) is 4.60. The number of aryl methyl sites for hydroxylation is 2. The van der Waals surface area contributed by atoms with Crippen LogP contribution in [0.15, 0.2) is 12.1 Å². The summed E-state index contributed by atoms with van der Waals surface area (Å²) in [5.41, 5.74) is 1.75. The van der Waals surface area contributed by atoms with E-state index in [2.05, 4.69) is 5.10 Å². The third-order valence-corrected chi connectivity index (χ3v) is 3.22. The molecule has 6 nitrogen and oxygen atoms in total. The molecular formula is C14H16N2O4. The molecule has 1 aromatic carbocycles. The van der Waals surface area contributed by atoms with Gasteiger partial charge in [0, 0.05) is 26.0 Å². The number of benzene rings is 1. The number of aromatic nitrogens is 2. The molecule has 6 heteroatoms. The summed E-state index contributed by atoms with van der Waals surface area (Å²) in [6.45, 7) is 2.15. The van der Waals surface area contributed by atoms with E-state index in [1.54, 1.807) is 13.1 Å². The van der Waals surface area contributed by atoms with E-state index in [1.807, 2.05) is 6.92 Å². The van der Waals surface area contributed by atoms with E-state index in [-0.39, 0.29) is 17.8 Å². The van der Waals surface area contributed by atoms with Crippen molar-refractivity contribution in [2.75, 3.05) is 13.7 Å². The van der Waals surface area contributed by atoms with E-state index < -0.39 is 5.97 Å². The summed E-state index contributed by atoms with van der Waals surface area (Å²) < 4.78 is 6.35. The minimum atomic E-state index is -1.03. The number of carbonyl (C=O) groups is 2. The zero-order valence-corrected chi connectivity index (χ0v) is 11.6. The second kappa shape index (κ2) is 5.42. The van der Waals surface area contributed by atoms with Crippen LogP contribution in [-0.2, 0) is 11.8 Å². The molecule has 0 amide bonds. The summed E-state index contributed by atoms with van der Waals surface area (Å²) in [6, 6.07) is 3.23. The Morgan fingerprint density at radius 2 is 2.10 bits per heavy atom. The lowest BCUT2D eigenvalue weighted by Gasteiger charge is -2.03. The van der Waals surface area contributed by atoms with E-state index in [1.165, 1.54) is 17.9 Å². The number of nitrogens with zero attached hydrogens (tertiary/aromatic N) is 2. The number of rotatable bonds is 5. The summed E-state index contributed by atoms with van der Waals surface area (Å²) in [7, 11) is 3.17. The average Bonchev–Trinajstić information content (AvgIpc) is 2.75. The maximum Gasteiger partial charge on any atom is 0.337 e. The fourth-order valence-electron chi connectivity index (χ4n) is 2.26. The molecule has 2 aromatic rings. The van der Waals surface area contributed by atoms with Crippen LogP contribution in [0.2, 0.25) is 0 Å². The largest absolute Gasteiger partial charge is 0.478 e. The van der Waals surface area contributed by atoms with Crippen LogP contribution in [0.3, 0.4) is 0 Å². The number of carbonyl (C=O) groups excluding carboxylic acids is 1. The molecule has 1 heterocycles. The quantitative estimate of drug-likeness (QED) is 0.842. The summed E-state index contributed by atoms with van der Waals surface area (Å²) in [5.74, 6) is -1.18. The number of carboxylic acid groups (broad SMARTS) is 1. The van der Waals surface area contributed by atoms with Crippen LogP contribution in [0, 0.1) is 6.92 Å². The van der Waals surface area contributed by atoms with Gasteiger partial charge in [-0.1, -0.05) is 6.07 Å². The molecule has 0 saturated heterocycles. The average molecular weight is 276 g/mol. The molecule has 1 N–H and O–H groups in total.